The van der Waals surface area contributed by atoms with Gasteiger partial charge in [0.05, 0.1) is 6.04 Å². The number of para-hydroxylation sites is 1. The van der Waals surface area contributed by atoms with Crippen molar-refractivity contribution in [3.05, 3.63) is 42.0 Å². The maximum atomic E-state index is 5.59. The van der Waals surface area contributed by atoms with Crippen molar-refractivity contribution in [2.24, 2.45) is 5.92 Å². The first-order chi connectivity index (χ1) is 12.2. The monoisotopic (exact) mass is 340 g/mol. The average Bonchev–Trinajstić information content (AvgIpc) is 3.38. The van der Waals surface area contributed by atoms with Crippen LogP contribution in [0.2, 0.25) is 0 Å². The summed E-state index contributed by atoms with van der Waals surface area (Å²) in [6.07, 6.45) is 4.69. The van der Waals surface area contributed by atoms with Crippen molar-refractivity contribution < 1.29 is 4.52 Å². The lowest BCUT2D eigenvalue weighted by Gasteiger charge is -2.36. The molecule has 1 aromatic heterocycles. The van der Waals surface area contributed by atoms with Gasteiger partial charge >= 0.3 is 0 Å². The summed E-state index contributed by atoms with van der Waals surface area (Å²) in [4.78, 5) is 7.14. The lowest BCUT2D eigenvalue weighted by Crippen LogP contribution is -2.44. The minimum absolute atomic E-state index is 0.147. The van der Waals surface area contributed by atoms with E-state index < -0.39 is 0 Å². The zero-order valence-electron chi connectivity index (χ0n) is 15.2. The van der Waals surface area contributed by atoms with Crippen molar-refractivity contribution in [3.63, 3.8) is 0 Å². The Kier molecular flexibility index (Phi) is 4.75. The first kappa shape index (κ1) is 16.6. The van der Waals surface area contributed by atoms with E-state index in [9.17, 15) is 0 Å². The summed E-state index contributed by atoms with van der Waals surface area (Å²) in [6.45, 7) is 6.61. The Labute approximate surface area is 149 Å². The highest BCUT2D eigenvalue weighted by molar-refractivity contribution is 5.46. The van der Waals surface area contributed by atoms with Crippen molar-refractivity contribution in [1.29, 1.82) is 0 Å². The van der Waals surface area contributed by atoms with Gasteiger partial charge in [-0.05, 0) is 43.7 Å². The largest absolute Gasteiger partial charge is 0.371 e. The summed E-state index contributed by atoms with van der Waals surface area (Å²) in [6, 6.07) is 11.3. The topological polar surface area (TPSA) is 54.2 Å². The van der Waals surface area contributed by atoms with Crippen molar-refractivity contribution in [3.8, 4) is 0 Å². The van der Waals surface area contributed by atoms with E-state index in [-0.39, 0.29) is 6.04 Å². The van der Waals surface area contributed by atoms with Gasteiger partial charge in [-0.25, -0.2) is 0 Å². The summed E-state index contributed by atoms with van der Waals surface area (Å²) < 4.78 is 5.59. The molecule has 134 valence electrons. The Morgan fingerprint density at radius 3 is 2.44 bits per heavy atom. The maximum Gasteiger partial charge on any atom is 0.244 e. The molecular formula is C20H28N4O. The van der Waals surface area contributed by atoms with Crippen LogP contribution in [0.1, 0.15) is 63.2 Å². The van der Waals surface area contributed by atoms with Crippen molar-refractivity contribution in [2.45, 2.75) is 57.5 Å². The average molecular weight is 340 g/mol. The van der Waals surface area contributed by atoms with Gasteiger partial charge < -0.3 is 14.7 Å². The molecule has 1 aliphatic carbocycles. The lowest BCUT2D eigenvalue weighted by molar-refractivity contribution is 0.254. The first-order valence-electron chi connectivity index (χ1n) is 9.60. The predicted molar refractivity (Wildman–Crippen MR) is 98.7 cm³/mol. The molecule has 1 saturated heterocycles. The van der Waals surface area contributed by atoms with Gasteiger partial charge in [0.15, 0.2) is 5.82 Å². The molecule has 4 rings (SSSR count). The SMILES string of the molecule is CC(C)C(NC1CCN(c2ccccc2)CC1)c1nc(C2CC2)no1. The van der Waals surface area contributed by atoms with E-state index in [0.29, 0.717) is 17.9 Å². The van der Waals surface area contributed by atoms with E-state index in [1.807, 2.05) is 0 Å². The molecular weight excluding hydrogens is 312 g/mol. The Hall–Kier alpha value is -1.88. The molecule has 1 saturated carbocycles. The number of hydrogen-bond acceptors (Lipinski definition) is 5. The number of hydrogen-bond donors (Lipinski definition) is 1. The fourth-order valence-electron chi connectivity index (χ4n) is 3.63. The highest BCUT2D eigenvalue weighted by atomic mass is 16.5. The second-order valence-electron chi connectivity index (χ2n) is 7.75. The number of benzene rings is 1. The van der Waals surface area contributed by atoms with Gasteiger partial charge in [0.1, 0.15) is 0 Å². The molecule has 1 N–H and O–H groups in total. The Morgan fingerprint density at radius 1 is 1.08 bits per heavy atom. The molecule has 1 aliphatic heterocycles. The van der Waals surface area contributed by atoms with Gasteiger partial charge in [0.25, 0.3) is 0 Å². The number of rotatable bonds is 6. The van der Waals surface area contributed by atoms with Gasteiger partial charge in [-0.2, -0.15) is 4.98 Å². The second-order valence-corrected chi connectivity index (χ2v) is 7.75. The van der Waals surface area contributed by atoms with Crippen LogP contribution >= 0.6 is 0 Å². The van der Waals surface area contributed by atoms with E-state index in [1.54, 1.807) is 0 Å². The Morgan fingerprint density at radius 2 is 1.80 bits per heavy atom. The molecule has 0 radical (unpaired) electrons. The maximum absolute atomic E-state index is 5.59. The van der Waals surface area contributed by atoms with Gasteiger partial charge in [-0.3, -0.25) is 0 Å². The third-order valence-electron chi connectivity index (χ3n) is 5.36. The van der Waals surface area contributed by atoms with Crippen molar-refractivity contribution in [1.82, 2.24) is 15.5 Å². The van der Waals surface area contributed by atoms with E-state index in [2.05, 4.69) is 64.5 Å². The molecule has 2 aliphatic rings. The summed E-state index contributed by atoms with van der Waals surface area (Å²) >= 11 is 0. The van der Waals surface area contributed by atoms with E-state index >= 15 is 0 Å². The Bertz CT molecular complexity index is 672. The fourth-order valence-corrected chi connectivity index (χ4v) is 3.63. The third kappa shape index (κ3) is 3.87. The Balaban J connectivity index is 1.36. The molecule has 2 aromatic rings. The van der Waals surface area contributed by atoms with Crippen LogP contribution in [0.15, 0.2) is 34.9 Å². The molecule has 0 bridgehead atoms. The van der Waals surface area contributed by atoms with Crippen molar-refractivity contribution >= 4 is 5.69 Å². The van der Waals surface area contributed by atoms with Gasteiger partial charge in [0.2, 0.25) is 5.89 Å². The number of piperidine rings is 1. The van der Waals surface area contributed by atoms with Gasteiger partial charge in [-0.15, -0.1) is 0 Å². The third-order valence-corrected chi connectivity index (χ3v) is 5.36. The first-order valence-corrected chi connectivity index (χ1v) is 9.60. The van der Waals surface area contributed by atoms with Gasteiger partial charge in [0, 0.05) is 30.7 Å². The molecule has 1 aromatic carbocycles. The van der Waals surface area contributed by atoms with Crippen LogP contribution in [0.25, 0.3) is 0 Å². The molecule has 1 unspecified atom stereocenters. The summed E-state index contributed by atoms with van der Waals surface area (Å²) in [7, 11) is 0. The standard InChI is InChI=1S/C20H28N4O/c1-14(2)18(20-22-19(23-25-20)15-8-9-15)21-16-10-12-24(13-11-16)17-6-4-3-5-7-17/h3-7,14-16,18,21H,8-13H2,1-2H3. The highest BCUT2D eigenvalue weighted by Crippen LogP contribution is 2.38. The zero-order chi connectivity index (χ0) is 17.2. The zero-order valence-corrected chi connectivity index (χ0v) is 15.2. The van der Waals surface area contributed by atoms with Crippen LogP contribution in [0.4, 0.5) is 5.69 Å². The van der Waals surface area contributed by atoms with Crippen LogP contribution in [-0.2, 0) is 0 Å². The fraction of sp³-hybridized carbons (Fsp3) is 0.600. The van der Waals surface area contributed by atoms with Crippen LogP contribution in [0, 0.1) is 5.92 Å². The minimum Gasteiger partial charge on any atom is -0.371 e. The highest BCUT2D eigenvalue weighted by Gasteiger charge is 2.32. The number of nitrogens with zero attached hydrogens (tertiary/aromatic N) is 3. The van der Waals surface area contributed by atoms with Crippen LogP contribution in [0.5, 0.6) is 0 Å². The number of anilines is 1. The molecule has 5 nitrogen and oxygen atoms in total. The van der Waals surface area contributed by atoms with Crippen LogP contribution in [0.3, 0.4) is 0 Å². The van der Waals surface area contributed by atoms with Gasteiger partial charge in [-0.1, -0.05) is 37.2 Å². The van der Waals surface area contributed by atoms with Crippen LogP contribution in [-0.4, -0.2) is 29.3 Å². The smallest absolute Gasteiger partial charge is 0.244 e. The second kappa shape index (κ2) is 7.16. The molecule has 2 fully saturated rings. The van der Waals surface area contributed by atoms with E-state index in [0.717, 1.165) is 37.6 Å². The molecule has 0 spiro atoms. The summed E-state index contributed by atoms with van der Waals surface area (Å²) in [5.41, 5.74) is 1.33. The molecule has 0 amide bonds. The summed E-state index contributed by atoms with van der Waals surface area (Å²) in [5.74, 6) is 2.64. The predicted octanol–water partition coefficient (Wildman–Crippen LogP) is 3.90. The van der Waals surface area contributed by atoms with E-state index in [1.165, 1.54) is 18.5 Å². The lowest BCUT2D eigenvalue weighted by atomic mass is 9.98. The normalized spacial score (nSPS) is 20.2. The summed E-state index contributed by atoms with van der Waals surface area (Å²) in [5, 5.41) is 7.99. The molecule has 2 heterocycles. The minimum atomic E-state index is 0.147. The van der Waals surface area contributed by atoms with E-state index in [4.69, 9.17) is 4.52 Å². The molecule has 5 heteroatoms. The molecule has 25 heavy (non-hydrogen) atoms. The van der Waals surface area contributed by atoms with Crippen LogP contribution < -0.4 is 10.2 Å². The molecule has 1 atom stereocenters. The number of aromatic nitrogens is 2. The quantitative estimate of drug-likeness (QED) is 0.864. The number of nitrogens with one attached hydrogen (secondary N) is 1. The van der Waals surface area contributed by atoms with Crippen molar-refractivity contribution in [2.75, 3.05) is 18.0 Å².